The van der Waals surface area contributed by atoms with Crippen molar-refractivity contribution in [1.29, 1.82) is 0 Å². The highest BCUT2D eigenvalue weighted by atomic mass is 35.5. The van der Waals surface area contributed by atoms with Crippen LogP contribution in [0.1, 0.15) is 22.8 Å². The molecule has 0 saturated heterocycles. The Morgan fingerprint density at radius 3 is 2.40 bits per heavy atom. The lowest BCUT2D eigenvalue weighted by molar-refractivity contribution is -0.131. The third-order valence-corrected chi connectivity index (χ3v) is 2.12. The molecule has 0 fully saturated rings. The molecule has 0 aliphatic rings. The van der Waals surface area contributed by atoms with Gasteiger partial charge in [-0.2, -0.15) is 0 Å². The third kappa shape index (κ3) is 2.94. The Morgan fingerprint density at radius 1 is 1.33 bits per heavy atom. The Hall–Kier alpha value is -1.06. The normalized spacial score (nSPS) is 9.87. The Balaban J connectivity index is 3.33. The smallest absolute Gasteiger partial charge is 0.308 e. The van der Waals surface area contributed by atoms with Crippen molar-refractivity contribution in [3.8, 4) is 5.75 Å². The molecule has 3 nitrogen and oxygen atoms in total. The summed E-state index contributed by atoms with van der Waals surface area (Å²) in [4.78, 5) is 21.9. The maximum atomic E-state index is 11.1. The molecule has 0 saturated carbocycles. The minimum absolute atomic E-state index is 0.0943. The Morgan fingerprint density at radius 2 is 1.93 bits per heavy atom. The maximum absolute atomic E-state index is 11.1. The predicted molar refractivity (Wildman–Crippen MR) is 57.7 cm³/mol. The van der Waals surface area contributed by atoms with Gasteiger partial charge in [0.1, 0.15) is 5.75 Å². The van der Waals surface area contributed by atoms with E-state index in [0.29, 0.717) is 10.6 Å². The molecule has 0 aromatic heterocycles. The van der Waals surface area contributed by atoms with E-state index in [0.717, 1.165) is 0 Å². The van der Waals surface area contributed by atoms with Crippen LogP contribution in [0.15, 0.2) is 12.1 Å². The van der Waals surface area contributed by atoms with Crippen molar-refractivity contribution in [3.63, 3.8) is 0 Å². The van der Waals surface area contributed by atoms with Gasteiger partial charge < -0.3 is 4.74 Å². The minimum Gasteiger partial charge on any atom is -0.426 e. The Kier molecular flexibility index (Phi) is 3.72. The fourth-order valence-corrected chi connectivity index (χ4v) is 1.57. The van der Waals surface area contributed by atoms with Gasteiger partial charge in [0.15, 0.2) is 0 Å². The zero-order valence-corrected chi connectivity index (χ0v) is 9.65. The molecule has 0 heterocycles. The van der Waals surface area contributed by atoms with Crippen LogP contribution in [-0.4, -0.2) is 11.2 Å². The third-order valence-electron chi connectivity index (χ3n) is 1.70. The van der Waals surface area contributed by atoms with E-state index in [9.17, 15) is 9.59 Å². The van der Waals surface area contributed by atoms with Gasteiger partial charge >= 0.3 is 5.97 Å². The molecule has 1 aromatic rings. The first-order valence-corrected chi connectivity index (χ1v) is 4.86. The highest BCUT2D eigenvalue weighted by Gasteiger charge is 2.15. The summed E-state index contributed by atoms with van der Waals surface area (Å²) in [6.07, 6.45) is 0. The topological polar surface area (TPSA) is 43.4 Å². The molecule has 5 heteroatoms. The largest absolute Gasteiger partial charge is 0.426 e. The maximum Gasteiger partial charge on any atom is 0.308 e. The van der Waals surface area contributed by atoms with Gasteiger partial charge in [0.2, 0.25) is 0 Å². The summed E-state index contributed by atoms with van der Waals surface area (Å²) in [6, 6.07) is 2.95. The SMILES string of the molecule is CC(=O)Oc1c(C)cc(Cl)cc1C(=O)Cl. The van der Waals surface area contributed by atoms with Crippen LogP contribution in [0.5, 0.6) is 5.75 Å². The number of aryl methyl sites for hydroxylation is 1. The lowest BCUT2D eigenvalue weighted by Crippen LogP contribution is -2.07. The van der Waals surface area contributed by atoms with Crippen LogP contribution in [0.25, 0.3) is 0 Å². The summed E-state index contributed by atoms with van der Waals surface area (Å²) >= 11 is 11.1. The lowest BCUT2D eigenvalue weighted by Gasteiger charge is -2.09. The first-order valence-electron chi connectivity index (χ1n) is 4.10. The van der Waals surface area contributed by atoms with Crippen molar-refractivity contribution in [2.24, 2.45) is 0 Å². The highest BCUT2D eigenvalue weighted by molar-refractivity contribution is 6.68. The van der Waals surface area contributed by atoms with E-state index >= 15 is 0 Å². The molecule has 0 aliphatic heterocycles. The summed E-state index contributed by atoms with van der Waals surface area (Å²) in [5.74, 6) is -0.355. The second-order valence-electron chi connectivity index (χ2n) is 2.97. The Labute approximate surface area is 96.9 Å². The lowest BCUT2D eigenvalue weighted by atomic mass is 10.1. The predicted octanol–water partition coefficient (Wildman–Crippen LogP) is 2.95. The molecule has 15 heavy (non-hydrogen) atoms. The first-order chi connectivity index (χ1) is 6.91. The monoisotopic (exact) mass is 246 g/mol. The number of hydrogen-bond acceptors (Lipinski definition) is 3. The van der Waals surface area contributed by atoms with Crippen LogP contribution in [-0.2, 0) is 4.79 Å². The van der Waals surface area contributed by atoms with Crippen LogP contribution in [0.4, 0.5) is 0 Å². The number of hydrogen-bond donors (Lipinski definition) is 0. The zero-order chi connectivity index (χ0) is 11.6. The van der Waals surface area contributed by atoms with Crippen molar-refractivity contribution in [3.05, 3.63) is 28.3 Å². The molecule has 0 unspecified atom stereocenters. The van der Waals surface area contributed by atoms with Gasteiger partial charge in [0.25, 0.3) is 5.24 Å². The van der Waals surface area contributed by atoms with Gasteiger partial charge in [-0.3, -0.25) is 9.59 Å². The van der Waals surface area contributed by atoms with Crippen molar-refractivity contribution in [2.45, 2.75) is 13.8 Å². The second-order valence-corrected chi connectivity index (χ2v) is 3.75. The molecule has 0 amide bonds. The minimum atomic E-state index is -0.711. The molecule has 1 aromatic carbocycles. The van der Waals surface area contributed by atoms with E-state index in [1.54, 1.807) is 13.0 Å². The van der Waals surface area contributed by atoms with Gasteiger partial charge in [-0.25, -0.2) is 0 Å². The van der Waals surface area contributed by atoms with Gasteiger partial charge in [-0.1, -0.05) is 11.6 Å². The van der Waals surface area contributed by atoms with E-state index < -0.39 is 11.2 Å². The van der Waals surface area contributed by atoms with Gasteiger partial charge in [-0.05, 0) is 36.2 Å². The summed E-state index contributed by atoms with van der Waals surface area (Å²) in [6.45, 7) is 2.92. The average Bonchev–Trinajstić information content (AvgIpc) is 2.08. The van der Waals surface area contributed by atoms with Crippen LogP contribution in [0.3, 0.4) is 0 Å². The number of esters is 1. The number of carbonyl (C=O) groups is 2. The molecule has 80 valence electrons. The van der Waals surface area contributed by atoms with Crippen LogP contribution in [0.2, 0.25) is 5.02 Å². The molecule has 0 radical (unpaired) electrons. The van der Waals surface area contributed by atoms with Crippen molar-refractivity contribution < 1.29 is 14.3 Å². The molecule has 0 bridgehead atoms. The van der Waals surface area contributed by atoms with Crippen LogP contribution in [0, 0.1) is 6.92 Å². The van der Waals surface area contributed by atoms with E-state index in [-0.39, 0.29) is 11.3 Å². The van der Waals surface area contributed by atoms with Gasteiger partial charge in [-0.15, -0.1) is 0 Å². The van der Waals surface area contributed by atoms with Crippen molar-refractivity contribution in [2.75, 3.05) is 0 Å². The fourth-order valence-electron chi connectivity index (χ4n) is 1.16. The van der Waals surface area contributed by atoms with E-state index in [1.165, 1.54) is 13.0 Å². The van der Waals surface area contributed by atoms with Crippen molar-refractivity contribution >= 4 is 34.4 Å². The van der Waals surface area contributed by atoms with E-state index in [4.69, 9.17) is 27.9 Å². The van der Waals surface area contributed by atoms with Gasteiger partial charge in [0, 0.05) is 11.9 Å². The van der Waals surface area contributed by atoms with Crippen LogP contribution >= 0.6 is 23.2 Å². The molecular weight excluding hydrogens is 239 g/mol. The summed E-state index contributed by atoms with van der Waals surface area (Å²) in [5.41, 5.74) is 0.679. The Bertz CT molecular complexity index is 427. The first kappa shape index (κ1) is 12.0. The van der Waals surface area contributed by atoms with E-state index in [1.807, 2.05) is 0 Å². The quantitative estimate of drug-likeness (QED) is 0.458. The van der Waals surface area contributed by atoms with Gasteiger partial charge in [0.05, 0.1) is 5.56 Å². The number of rotatable bonds is 2. The second kappa shape index (κ2) is 4.64. The average molecular weight is 247 g/mol. The molecule has 0 N–H and O–H groups in total. The summed E-state index contributed by atoms with van der Waals surface area (Å²) < 4.78 is 4.89. The molecule has 0 atom stereocenters. The highest BCUT2D eigenvalue weighted by Crippen LogP contribution is 2.29. The number of carbonyl (C=O) groups excluding carboxylic acids is 2. The molecule has 0 spiro atoms. The fraction of sp³-hybridized carbons (Fsp3) is 0.200. The summed E-state index contributed by atoms with van der Waals surface area (Å²) in [5, 5.41) is -0.343. The van der Waals surface area contributed by atoms with E-state index in [2.05, 4.69) is 0 Å². The van der Waals surface area contributed by atoms with Crippen LogP contribution < -0.4 is 4.74 Å². The summed E-state index contributed by atoms with van der Waals surface area (Å²) in [7, 11) is 0. The molecule has 1 rings (SSSR count). The number of ether oxygens (including phenoxy) is 1. The standard InChI is InChI=1S/C10H8Cl2O3/c1-5-3-7(11)4-8(10(12)14)9(5)15-6(2)13/h3-4H,1-2H3. The number of benzene rings is 1. The molecule has 0 aliphatic carbocycles. The number of halogens is 2. The molecular formula is C10H8Cl2O3. The van der Waals surface area contributed by atoms with Crippen molar-refractivity contribution in [1.82, 2.24) is 0 Å². The zero-order valence-electron chi connectivity index (χ0n) is 8.14.